The molecule has 0 saturated heterocycles. The molecule has 0 bridgehead atoms. The SMILES string of the molecule is C=CCC1(C)SC(=C)C(C)=C1C.O. The van der Waals surface area contributed by atoms with E-state index in [1.54, 1.807) is 0 Å². The Hall–Kier alpha value is -0.470. The van der Waals surface area contributed by atoms with Gasteiger partial charge in [-0.2, -0.15) is 0 Å². The molecule has 1 unspecified atom stereocenters. The van der Waals surface area contributed by atoms with Crippen LogP contribution in [0.5, 0.6) is 0 Å². The molecule has 13 heavy (non-hydrogen) atoms. The molecule has 0 spiro atoms. The van der Waals surface area contributed by atoms with Crippen LogP contribution >= 0.6 is 11.8 Å². The third kappa shape index (κ3) is 2.06. The molecule has 1 rings (SSSR count). The van der Waals surface area contributed by atoms with Crippen LogP contribution in [0, 0.1) is 0 Å². The Bertz CT molecular complexity index is 265. The van der Waals surface area contributed by atoms with E-state index in [1.165, 1.54) is 16.1 Å². The highest BCUT2D eigenvalue weighted by molar-refractivity contribution is 8.05. The van der Waals surface area contributed by atoms with Crippen molar-refractivity contribution < 1.29 is 5.48 Å². The number of hydrogen-bond acceptors (Lipinski definition) is 1. The molecule has 0 aromatic heterocycles. The maximum atomic E-state index is 4.03. The van der Waals surface area contributed by atoms with Crippen molar-refractivity contribution in [2.75, 3.05) is 0 Å². The monoisotopic (exact) mass is 198 g/mol. The van der Waals surface area contributed by atoms with E-state index in [0.29, 0.717) is 0 Å². The summed E-state index contributed by atoms with van der Waals surface area (Å²) in [6.07, 6.45) is 3.02. The molecular weight excluding hydrogens is 180 g/mol. The first-order valence-electron chi connectivity index (χ1n) is 4.18. The number of hydrogen-bond donors (Lipinski definition) is 0. The van der Waals surface area contributed by atoms with Gasteiger partial charge in [-0.3, -0.25) is 0 Å². The minimum absolute atomic E-state index is 0. The van der Waals surface area contributed by atoms with Gasteiger partial charge in [0.05, 0.1) is 0 Å². The maximum absolute atomic E-state index is 4.03. The molecule has 0 saturated carbocycles. The molecule has 1 nitrogen and oxygen atoms in total. The topological polar surface area (TPSA) is 31.5 Å². The van der Waals surface area contributed by atoms with E-state index in [-0.39, 0.29) is 10.2 Å². The number of allylic oxidation sites excluding steroid dienone is 2. The van der Waals surface area contributed by atoms with Crippen LogP contribution in [0.2, 0.25) is 0 Å². The lowest BCUT2D eigenvalue weighted by Gasteiger charge is -2.23. The van der Waals surface area contributed by atoms with Crippen molar-refractivity contribution in [3.05, 3.63) is 35.3 Å². The Morgan fingerprint density at radius 3 is 2.31 bits per heavy atom. The zero-order valence-electron chi connectivity index (χ0n) is 8.61. The van der Waals surface area contributed by atoms with Gasteiger partial charge < -0.3 is 5.48 Å². The van der Waals surface area contributed by atoms with Gasteiger partial charge in [0, 0.05) is 9.65 Å². The fraction of sp³-hybridized carbons (Fsp3) is 0.455. The van der Waals surface area contributed by atoms with Crippen LogP contribution in [-0.2, 0) is 0 Å². The van der Waals surface area contributed by atoms with Crippen LogP contribution < -0.4 is 0 Å². The first kappa shape index (κ1) is 12.5. The number of thioether (sulfide) groups is 1. The third-order valence-corrected chi connectivity index (χ3v) is 4.13. The van der Waals surface area contributed by atoms with Gasteiger partial charge >= 0.3 is 0 Å². The first-order chi connectivity index (χ1) is 5.51. The van der Waals surface area contributed by atoms with Gasteiger partial charge in [0.2, 0.25) is 0 Å². The third-order valence-electron chi connectivity index (χ3n) is 2.66. The molecule has 0 radical (unpaired) electrons. The van der Waals surface area contributed by atoms with Crippen LogP contribution in [0.15, 0.2) is 35.3 Å². The van der Waals surface area contributed by atoms with Gasteiger partial charge in [0.1, 0.15) is 0 Å². The van der Waals surface area contributed by atoms with Crippen molar-refractivity contribution in [2.45, 2.75) is 31.9 Å². The summed E-state index contributed by atoms with van der Waals surface area (Å²) >= 11 is 1.87. The summed E-state index contributed by atoms with van der Waals surface area (Å²) < 4.78 is 0.225. The Balaban J connectivity index is 0.00000144. The van der Waals surface area contributed by atoms with E-state index in [2.05, 4.69) is 33.9 Å². The fourth-order valence-electron chi connectivity index (χ4n) is 1.50. The largest absolute Gasteiger partial charge is 0.412 e. The van der Waals surface area contributed by atoms with Gasteiger partial charge in [-0.1, -0.05) is 18.2 Å². The second kappa shape index (κ2) is 4.16. The lowest BCUT2D eigenvalue weighted by Crippen LogP contribution is -2.17. The van der Waals surface area contributed by atoms with E-state index >= 15 is 0 Å². The zero-order chi connectivity index (χ0) is 9.35. The minimum atomic E-state index is 0. The second-order valence-electron chi connectivity index (χ2n) is 3.50. The average Bonchev–Trinajstić information content (AvgIpc) is 2.17. The van der Waals surface area contributed by atoms with Crippen molar-refractivity contribution in [3.63, 3.8) is 0 Å². The standard InChI is InChI=1S/C11H16S.H2O/c1-6-7-11(5)9(3)8(2)10(4)12-11;/h6H,1,4,7H2,2-3,5H3;1H2. The smallest absolute Gasteiger partial charge is 0.0424 e. The molecule has 0 aromatic rings. The molecule has 1 heterocycles. The molecule has 2 N–H and O–H groups in total. The normalized spacial score (nSPS) is 27.5. The quantitative estimate of drug-likeness (QED) is 0.627. The zero-order valence-corrected chi connectivity index (χ0v) is 9.42. The van der Waals surface area contributed by atoms with Crippen molar-refractivity contribution in [3.8, 4) is 0 Å². The second-order valence-corrected chi connectivity index (χ2v) is 5.10. The summed E-state index contributed by atoms with van der Waals surface area (Å²) in [4.78, 5) is 1.22. The van der Waals surface area contributed by atoms with Crippen LogP contribution in [0.1, 0.15) is 27.2 Å². The molecular formula is C11H18OS. The van der Waals surface area contributed by atoms with E-state index in [1.807, 2.05) is 17.8 Å². The summed E-state index contributed by atoms with van der Waals surface area (Å²) in [5.74, 6) is 0. The van der Waals surface area contributed by atoms with Gasteiger partial charge in [-0.25, -0.2) is 0 Å². The Morgan fingerprint density at radius 1 is 1.46 bits per heavy atom. The molecule has 74 valence electrons. The van der Waals surface area contributed by atoms with Crippen LogP contribution in [0.4, 0.5) is 0 Å². The van der Waals surface area contributed by atoms with Crippen molar-refractivity contribution in [2.24, 2.45) is 0 Å². The molecule has 0 aliphatic carbocycles. The van der Waals surface area contributed by atoms with Gasteiger partial charge in [0.15, 0.2) is 0 Å². The Morgan fingerprint density at radius 2 is 2.00 bits per heavy atom. The summed E-state index contributed by atoms with van der Waals surface area (Å²) in [6.45, 7) is 14.4. The summed E-state index contributed by atoms with van der Waals surface area (Å²) in [6, 6.07) is 0. The van der Waals surface area contributed by atoms with E-state index < -0.39 is 0 Å². The van der Waals surface area contributed by atoms with E-state index in [9.17, 15) is 0 Å². The summed E-state index contributed by atoms with van der Waals surface area (Å²) in [7, 11) is 0. The Kier molecular flexibility index (Phi) is 4.01. The highest BCUT2D eigenvalue weighted by Gasteiger charge is 2.34. The van der Waals surface area contributed by atoms with Crippen molar-refractivity contribution >= 4 is 11.8 Å². The molecule has 1 aliphatic heterocycles. The van der Waals surface area contributed by atoms with Gasteiger partial charge in [-0.05, 0) is 32.8 Å². The van der Waals surface area contributed by atoms with Gasteiger partial charge in [-0.15, -0.1) is 18.3 Å². The maximum Gasteiger partial charge on any atom is 0.0424 e. The van der Waals surface area contributed by atoms with E-state index in [4.69, 9.17) is 0 Å². The van der Waals surface area contributed by atoms with Crippen molar-refractivity contribution in [1.29, 1.82) is 0 Å². The minimum Gasteiger partial charge on any atom is -0.412 e. The van der Waals surface area contributed by atoms with Crippen LogP contribution in [0.3, 0.4) is 0 Å². The predicted octanol–water partition coefficient (Wildman–Crippen LogP) is 3.09. The Labute approximate surface area is 84.9 Å². The highest BCUT2D eigenvalue weighted by Crippen LogP contribution is 2.50. The van der Waals surface area contributed by atoms with Gasteiger partial charge in [0.25, 0.3) is 0 Å². The molecule has 0 aromatic carbocycles. The lowest BCUT2D eigenvalue weighted by atomic mass is 9.94. The fourth-order valence-corrected chi connectivity index (χ4v) is 2.86. The molecule has 1 atom stereocenters. The lowest BCUT2D eigenvalue weighted by molar-refractivity contribution is 0.761. The average molecular weight is 198 g/mol. The number of rotatable bonds is 2. The van der Waals surface area contributed by atoms with Crippen LogP contribution in [0.25, 0.3) is 0 Å². The van der Waals surface area contributed by atoms with E-state index in [0.717, 1.165) is 6.42 Å². The summed E-state index contributed by atoms with van der Waals surface area (Å²) in [5.41, 5.74) is 2.82. The van der Waals surface area contributed by atoms with Crippen molar-refractivity contribution in [1.82, 2.24) is 0 Å². The van der Waals surface area contributed by atoms with Crippen LogP contribution in [-0.4, -0.2) is 10.2 Å². The molecule has 1 aliphatic rings. The first-order valence-corrected chi connectivity index (χ1v) is 5.00. The molecule has 2 heteroatoms. The molecule has 0 amide bonds. The highest BCUT2D eigenvalue weighted by atomic mass is 32.2. The summed E-state index contributed by atoms with van der Waals surface area (Å²) in [5, 5.41) is 0. The molecule has 0 fully saturated rings. The predicted molar refractivity (Wildman–Crippen MR) is 61.9 cm³/mol.